The quantitative estimate of drug-likeness (QED) is 0.630. The van der Waals surface area contributed by atoms with Gasteiger partial charge in [0.05, 0.1) is 5.75 Å². The van der Waals surface area contributed by atoms with Gasteiger partial charge in [-0.2, -0.15) is 0 Å². The highest BCUT2D eigenvalue weighted by Gasteiger charge is 2.14. The van der Waals surface area contributed by atoms with Crippen molar-refractivity contribution in [1.29, 1.82) is 0 Å². The molecule has 0 saturated heterocycles. The van der Waals surface area contributed by atoms with Gasteiger partial charge in [0, 0.05) is 22.8 Å². The molecule has 8 heteroatoms. The summed E-state index contributed by atoms with van der Waals surface area (Å²) in [6.45, 7) is 2.60. The molecular formula is C18H16ClFN4OS. The summed E-state index contributed by atoms with van der Waals surface area (Å²) in [5.41, 5.74) is 1.42. The number of thioether (sulfide) groups is 1. The first-order chi connectivity index (χ1) is 12.6. The molecule has 1 amide bonds. The summed E-state index contributed by atoms with van der Waals surface area (Å²) in [5, 5.41) is 12.3. The van der Waals surface area contributed by atoms with Crippen LogP contribution in [0.4, 0.5) is 10.1 Å². The minimum absolute atomic E-state index is 0.161. The molecule has 0 radical (unpaired) electrons. The van der Waals surface area contributed by atoms with Gasteiger partial charge in [0.25, 0.3) is 0 Å². The Balaban J connectivity index is 1.68. The zero-order valence-electron chi connectivity index (χ0n) is 13.9. The van der Waals surface area contributed by atoms with Crippen LogP contribution in [0.1, 0.15) is 6.92 Å². The average Bonchev–Trinajstić information content (AvgIpc) is 3.03. The molecule has 134 valence electrons. The van der Waals surface area contributed by atoms with Gasteiger partial charge < -0.3 is 9.88 Å². The fourth-order valence-corrected chi connectivity index (χ4v) is 3.38. The predicted octanol–water partition coefficient (Wildman–Crippen LogP) is 4.49. The van der Waals surface area contributed by atoms with E-state index < -0.39 is 0 Å². The Morgan fingerprint density at radius 2 is 2.00 bits per heavy atom. The van der Waals surface area contributed by atoms with Crippen LogP contribution in [0.2, 0.25) is 5.02 Å². The minimum atomic E-state index is -0.302. The van der Waals surface area contributed by atoms with Gasteiger partial charge in [-0.15, -0.1) is 10.2 Å². The van der Waals surface area contributed by atoms with Crippen LogP contribution in [0.5, 0.6) is 0 Å². The molecule has 0 atom stereocenters. The standard InChI is InChI=1S/C18H16ClFN4OS/c1-2-24-17(12-6-8-14(20)9-7-12)22-23-18(24)26-11-16(25)21-15-5-3-4-13(19)10-15/h3-10H,2,11H2,1H3,(H,21,25). The summed E-state index contributed by atoms with van der Waals surface area (Å²) in [5.74, 6) is 0.369. The molecule has 0 unspecified atom stereocenters. The van der Waals surface area contributed by atoms with Crippen LogP contribution in [-0.4, -0.2) is 26.4 Å². The van der Waals surface area contributed by atoms with Gasteiger partial charge in [-0.1, -0.05) is 29.4 Å². The van der Waals surface area contributed by atoms with E-state index in [9.17, 15) is 9.18 Å². The molecule has 5 nitrogen and oxygen atoms in total. The molecular weight excluding hydrogens is 375 g/mol. The number of halogens is 2. The van der Waals surface area contributed by atoms with Gasteiger partial charge in [-0.3, -0.25) is 4.79 Å². The topological polar surface area (TPSA) is 59.8 Å². The van der Waals surface area contributed by atoms with Gasteiger partial charge >= 0.3 is 0 Å². The number of nitrogens with one attached hydrogen (secondary N) is 1. The molecule has 0 aliphatic heterocycles. The third kappa shape index (κ3) is 4.42. The SMILES string of the molecule is CCn1c(SCC(=O)Nc2cccc(Cl)c2)nnc1-c1ccc(F)cc1. The molecule has 0 aliphatic carbocycles. The summed E-state index contributed by atoms with van der Waals surface area (Å²) in [6.07, 6.45) is 0. The monoisotopic (exact) mass is 390 g/mol. The lowest BCUT2D eigenvalue weighted by Crippen LogP contribution is -2.14. The number of nitrogens with zero attached hydrogens (tertiary/aromatic N) is 3. The summed E-state index contributed by atoms with van der Waals surface area (Å²) in [4.78, 5) is 12.1. The van der Waals surface area contributed by atoms with Crippen LogP contribution >= 0.6 is 23.4 Å². The van der Waals surface area contributed by atoms with Crippen molar-refractivity contribution in [1.82, 2.24) is 14.8 Å². The zero-order valence-corrected chi connectivity index (χ0v) is 15.5. The van der Waals surface area contributed by atoms with Crippen molar-refractivity contribution in [2.24, 2.45) is 0 Å². The number of amides is 1. The first kappa shape index (κ1) is 18.4. The highest BCUT2D eigenvalue weighted by molar-refractivity contribution is 7.99. The van der Waals surface area contributed by atoms with Crippen molar-refractivity contribution < 1.29 is 9.18 Å². The number of aromatic nitrogens is 3. The predicted molar refractivity (Wildman–Crippen MR) is 102 cm³/mol. The molecule has 3 aromatic rings. The summed E-state index contributed by atoms with van der Waals surface area (Å²) in [6, 6.07) is 13.1. The molecule has 0 bridgehead atoms. The number of anilines is 1. The smallest absolute Gasteiger partial charge is 0.234 e. The molecule has 2 aromatic carbocycles. The van der Waals surface area contributed by atoms with Crippen LogP contribution in [0, 0.1) is 5.82 Å². The van der Waals surface area contributed by atoms with E-state index in [1.54, 1.807) is 36.4 Å². The molecule has 3 rings (SSSR count). The van der Waals surface area contributed by atoms with Crippen molar-refractivity contribution in [3.05, 3.63) is 59.4 Å². The van der Waals surface area contributed by atoms with Crippen LogP contribution in [0.25, 0.3) is 11.4 Å². The Bertz CT molecular complexity index is 914. The van der Waals surface area contributed by atoms with Crippen molar-refractivity contribution in [2.75, 3.05) is 11.1 Å². The molecule has 0 saturated carbocycles. The normalized spacial score (nSPS) is 10.7. The van der Waals surface area contributed by atoms with Crippen LogP contribution < -0.4 is 5.32 Å². The lowest BCUT2D eigenvalue weighted by atomic mass is 10.2. The third-order valence-corrected chi connectivity index (χ3v) is 4.78. The molecule has 26 heavy (non-hydrogen) atoms. The van der Waals surface area contributed by atoms with E-state index in [1.165, 1.54) is 23.9 Å². The second kappa shape index (κ2) is 8.33. The molecule has 0 fully saturated rings. The molecule has 0 aliphatic rings. The molecule has 1 heterocycles. The van der Waals surface area contributed by atoms with Gasteiger partial charge in [-0.05, 0) is 49.4 Å². The largest absolute Gasteiger partial charge is 0.325 e. The number of rotatable bonds is 6. The molecule has 1 aromatic heterocycles. The highest BCUT2D eigenvalue weighted by Crippen LogP contribution is 2.24. The van der Waals surface area contributed by atoms with Crippen molar-refractivity contribution in [3.63, 3.8) is 0 Å². The first-order valence-electron chi connectivity index (χ1n) is 7.94. The Kier molecular flexibility index (Phi) is 5.90. The number of carbonyl (C=O) groups excluding carboxylic acids is 1. The van der Waals surface area contributed by atoms with Gasteiger partial charge in [0.15, 0.2) is 11.0 Å². The van der Waals surface area contributed by atoms with Crippen LogP contribution in [-0.2, 0) is 11.3 Å². The van der Waals surface area contributed by atoms with E-state index in [2.05, 4.69) is 15.5 Å². The summed E-state index contributed by atoms with van der Waals surface area (Å²) in [7, 11) is 0. The number of benzene rings is 2. The summed E-state index contributed by atoms with van der Waals surface area (Å²) < 4.78 is 15.0. The number of carbonyl (C=O) groups is 1. The maximum atomic E-state index is 13.1. The van der Waals surface area contributed by atoms with E-state index in [0.29, 0.717) is 28.2 Å². The van der Waals surface area contributed by atoms with E-state index in [-0.39, 0.29) is 17.5 Å². The van der Waals surface area contributed by atoms with Crippen molar-refractivity contribution in [2.45, 2.75) is 18.6 Å². The Morgan fingerprint density at radius 3 is 2.69 bits per heavy atom. The minimum Gasteiger partial charge on any atom is -0.325 e. The van der Waals surface area contributed by atoms with E-state index in [1.807, 2.05) is 11.5 Å². The van der Waals surface area contributed by atoms with Crippen LogP contribution in [0.15, 0.2) is 53.7 Å². The van der Waals surface area contributed by atoms with E-state index >= 15 is 0 Å². The Hall–Kier alpha value is -2.38. The number of hydrogen-bond donors (Lipinski definition) is 1. The lowest BCUT2D eigenvalue weighted by molar-refractivity contribution is -0.113. The maximum absolute atomic E-state index is 13.1. The van der Waals surface area contributed by atoms with Gasteiger partial charge in [0.2, 0.25) is 5.91 Å². The van der Waals surface area contributed by atoms with Crippen molar-refractivity contribution >= 4 is 35.0 Å². The lowest BCUT2D eigenvalue weighted by Gasteiger charge is -2.08. The second-order valence-electron chi connectivity index (χ2n) is 5.40. The van der Waals surface area contributed by atoms with Gasteiger partial charge in [-0.25, -0.2) is 4.39 Å². The molecule has 0 spiro atoms. The van der Waals surface area contributed by atoms with Crippen LogP contribution in [0.3, 0.4) is 0 Å². The fraction of sp³-hybridized carbons (Fsp3) is 0.167. The van der Waals surface area contributed by atoms with E-state index in [0.717, 1.165) is 5.56 Å². The average molecular weight is 391 g/mol. The third-order valence-electron chi connectivity index (χ3n) is 3.58. The van der Waals surface area contributed by atoms with Gasteiger partial charge in [0.1, 0.15) is 5.82 Å². The maximum Gasteiger partial charge on any atom is 0.234 e. The van der Waals surface area contributed by atoms with Crippen molar-refractivity contribution in [3.8, 4) is 11.4 Å². The zero-order chi connectivity index (χ0) is 18.5. The fourth-order valence-electron chi connectivity index (χ4n) is 2.39. The molecule has 1 N–H and O–H groups in total. The van der Waals surface area contributed by atoms with E-state index in [4.69, 9.17) is 11.6 Å². The second-order valence-corrected chi connectivity index (χ2v) is 6.78. The first-order valence-corrected chi connectivity index (χ1v) is 9.30. The number of hydrogen-bond acceptors (Lipinski definition) is 4. The Morgan fingerprint density at radius 1 is 1.23 bits per heavy atom. The Labute approximate surface area is 159 Å². The summed E-state index contributed by atoms with van der Waals surface area (Å²) >= 11 is 7.20. The highest BCUT2D eigenvalue weighted by atomic mass is 35.5.